The minimum atomic E-state index is -1.00. The van der Waals surface area contributed by atoms with Crippen molar-refractivity contribution in [1.29, 1.82) is 0 Å². The first kappa shape index (κ1) is 18.4. The molecule has 0 atom stereocenters. The predicted molar refractivity (Wildman–Crippen MR) is 112 cm³/mol. The molecule has 5 heteroatoms. The van der Waals surface area contributed by atoms with Gasteiger partial charge in [0.2, 0.25) is 5.91 Å². The Hall–Kier alpha value is -2.92. The van der Waals surface area contributed by atoms with E-state index >= 15 is 0 Å². The molecule has 1 aliphatic rings. The number of carboxylic acids is 1. The van der Waals surface area contributed by atoms with Gasteiger partial charge in [-0.3, -0.25) is 4.79 Å². The van der Waals surface area contributed by atoms with Gasteiger partial charge in [-0.25, -0.2) is 4.79 Å². The summed E-state index contributed by atoms with van der Waals surface area (Å²) in [5.74, 6) is -0.979. The second-order valence-corrected chi connectivity index (χ2v) is 8.23. The molecule has 1 N–H and O–H groups in total. The Morgan fingerprint density at radius 3 is 2.36 bits per heavy atom. The van der Waals surface area contributed by atoms with Crippen molar-refractivity contribution in [3.63, 3.8) is 0 Å². The molecule has 0 radical (unpaired) electrons. The average Bonchev–Trinajstić information content (AvgIpc) is 3.46. The van der Waals surface area contributed by atoms with Gasteiger partial charge in [-0.2, -0.15) is 0 Å². The van der Waals surface area contributed by atoms with E-state index in [4.69, 9.17) is 0 Å². The zero-order valence-corrected chi connectivity index (χ0v) is 16.4. The van der Waals surface area contributed by atoms with Crippen molar-refractivity contribution in [1.82, 2.24) is 0 Å². The molecule has 0 unspecified atom stereocenters. The molecule has 0 saturated heterocycles. The van der Waals surface area contributed by atoms with Crippen LogP contribution in [0.5, 0.6) is 0 Å². The van der Waals surface area contributed by atoms with Crippen LogP contribution in [0.15, 0.2) is 60.7 Å². The summed E-state index contributed by atoms with van der Waals surface area (Å²) in [6.45, 7) is 2.39. The van der Waals surface area contributed by atoms with Crippen molar-refractivity contribution in [2.75, 3.05) is 4.90 Å². The molecule has 4 rings (SSSR count). The number of thiophene rings is 1. The van der Waals surface area contributed by atoms with E-state index in [9.17, 15) is 14.7 Å². The van der Waals surface area contributed by atoms with E-state index < -0.39 is 5.97 Å². The van der Waals surface area contributed by atoms with Crippen molar-refractivity contribution in [2.24, 2.45) is 5.92 Å². The van der Waals surface area contributed by atoms with Crippen molar-refractivity contribution in [3.8, 4) is 10.4 Å². The fourth-order valence-electron chi connectivity index (χ4n) is 3.19. The number of carboxylic acid groups (broad SMARTS) is 1. The van der Waals surface area contributed by atoms with Gasteiger partial charge >= 0.3 is 5.97 Å². The van der Waals surface area contributed by atoms with Crippen molar-refractivity contribution < 1.29 is 14.7 Å². The van der Waals surface area contributed by atoms with Gasteiger partial charge < -0.3 is 10.0 Å². The summed E-state index contributed by atoms with van der Waals surface area (Å²) in [4.78, 5) is 27.7. The number of amides is 1. The zero-order valence-electron chi connectivity index (χ0n) is 15.6. The Morgan fingerprint density at radius 1 is 1.07 bits per heavy atom. The summed E-state index contributed by atoms with van der Waals surface area (Å²) in [5, 5.41) is 9.79. The van der Waals surface area contributed by atoms with Crippen LogP contribution >= 0.6 is 11.3 Å². The average molecular weight is 391 g/mol. The molecule has 1 aromatic heterocycles. The second-order valence-electron chi connectivity index (χ2n) is 7.18. The second kappa shape index (κ2) is 7.60. The Bertz CT molecular complexity index is 1000. The Labute approximate surface area is 168 Å². The Balaban J connectivity index is 1.76. The summed E-state index contributed by atoms with van der Waals surface area (Å²) < 4.78 is 0. The highest BCUT2D eigenvalue weighted by molar-refractivity contribution is 7.18. The van der Waals surface area contributed by atoms with Crippen molar-refractivity contribution in [2.45, 2.75) is 26.3 Å². The van der Waals surface area contributed by atoms with Gasteiger partial charge in [0.05, 0.1) is 12.2 Å². The molecule has 1 amide bonds. The van der Waals surface area contributed by atoms with Gasteiger partial charge in [-0.15, -0.1) is 11.3 Å². The lowest BCUT2D eigenvalue weighted by molar-refractivity contribution is -0.119. The highest BCUT2D eigenvalue weighted by atomic mass is 32.1. The molecule has 0 spiro atoms. The number of hydrogen-bond acceptors (Lipinski definition) is 3. The van der Waals surface area contributed by atoms with Gasteiger partial charge in [0.15, 0.2) is 0 Å². The maximum Gasteiger partial charge on any atom is 0.348 e. The standard InChI is InChI=1S/C23H21NO3S/c1-15-7-9-16(10-8-15)14-24(22(25)18-11-12-18)19-13-20(28-21(19)23(26)27)17-5-3-2-4-6-17/h2-10,13,18H,11-12,14H2,1H3,(H,26,27). The molecule has 1 aliphatic carbocycles. The molecule has 0 bridgehead atoms. The first-order valence-electron chi connectivity index (χ1n) is 9.32. The molecule has 1 saturated carbocycles. The molecule has 2 aromatic carbocycles. The Morgan fingerprint density at radius 2 is 1.75 bits per heavy atom. The van der Waals surface area contributed by atoms with E-state index in [-0.39, 0.29) is 16.7 Å². The van der Waals surface area contributed by atoms with Crippen LogP contribution in [0.4, 0.5) is 5.69 Å². The van der Waals surface area contributed by atoms with Gasteiger partial charge in [-0.1, -0.05) is 60.2 Å². The molecule has 4 nitrogen and oxygen atoms in total. The number of carbonyl (C=O) groups is 2. The third-order valence-corrected chi connectivity index (χ3v) is 6.07. The lowest BCUT2D eigenvalue weighted by Crippen LogP contribution is -2.32. The lowest BCUT2D eigenvalue weighted by Gasteiger charge is -2.23. The van der Waals surface area contributed by atoms with E-state index in [2.05, 4.69) is 0 Å². The zero-order chi connectivity index (χ0) is 19.7. The predicted octanol–water partition coefficient (Wildman–Crippen LogP) is 5.36. The first-order valence-corrected chi connectivity index (χ1v) is 10.1. The fourth-order valence-corrected chi connectivity index (χ4v) is 4.19. The number of rotatable bonds is 6. The van der Waals surface area contributed by atoms with E-state index in [1.54, 1.807) is 4.90 Å². The number of aryl methyl sites for hydroxylation is 1. The van der Waals surface area contributed by atoms with Crippen LogP contribution in [0.3, 0.4) is 0 Å². The highest BCUT2D eigenvalue weighted by Crippen LogP contribution is 2.40. The molecule has 1 fully saturated rings. The maximum atomic E-state index is 13.0. The summed E-state index contributed by atoms with van der Waals surface area (Å²) in [6.07, 6.45) is 1.75. The smallest absolute Gasteiger partial charge is 0.348 e. The number of hydrogen-bond donors (Lipinski definition) is 1. The third kappa shape index (κ3) is 3.85. The quantitative estimate of drug-likeness (QED) is 0.615. The number of anilines is 1. The summed E-state index contributed by atoms with van der Waals surface area (Å²) >= 11 is 1.22. The molecular weight excluding hydrogens is 370 g/mol. The van der Waals surface area contributed by atoms with Crippen LogP contribution in [0.25, 0.3) is 10.4 Å². The number of nitrogens with zero attached hydrogens (tertiary/aromatic N) is 1. The number of carbonyl (C=O) groups excluding carboxylic acids is 1. The minimum Gasteiger partial charge on any atom is -0.477 e. The van der Waals surface area contributed by atoms with Crippen LogP contribution in [0, 0.1) is 12.8 Å². The lowest BCUT2D eigenvalue weighted by atomic mass is 10.1. The molecule has 0 aliphatic heterocycles. The largest absolute Gasteiger partial charge is 0.477 e. The topological polar surface area (TPSA) is 57.6 Å². The first-order chi connectivity index (χ1) is 13.5. The normalized spacial score (nSPS) is 13.3. The van der Waals surface area contributed by atoms with Crippen molar-refractivity contribution >= 4 is 28.9 Å². The fraction of sp³-hybridized carbons (Fsp3) is 0.217. The third-order valence-electron chi connectivity index (χ3n) is 4.91. The van der Waals surface area contributed by atoms with E-state index in [0.29, 0.717) is 12.2 Å². The number of aromatic carboxylic acids is 1. The van der Waals surface area contributed by atoms with Gasteiger partial charge in [0.1, 0.15) is 4.88 Å². The maximum absolute atomic E-state index is 13.0. The monoisotopic (exact) mass is 391 g/mol. The highest BCUT2D eigenvalue weighted by Gasteiger charge is 2.36. The molecule has 3 aromatic rings. The van der Waals surface area contributed by atoms with E-state index in [1.165, 1.54) is 11.3 Å². The van der Waals surface area contributed by atoms with Crippen molar-refractivity contribution in [3.05, 3.63) is 76.7 Å². The van der Waals surface area contributed by atoms with Gasteiger partial charge in [0.25, 0.3) is 0 Å². The van der Waals surface area contributed by atoms with Crippen LogP contribution in [-0.2, 0) is 11.3 Å². The van der Waals surface area contributed by atoms with Crippen LogP contribution in [0.2, 0.25) is 0 Å². The molecular formula is C23H21NO3S. The van der Waals surface area contributed by atoms with Crippen LogP contribution in [-0.4, -0.2) is 17.0 Å². The van der Waals surface area contributed by atoms with Gasteiger partial charge in [0, 0.05) is 10.8 Å². The molecule has 28 heavy (non-hydrogen) atoms. The summed E-state index contributed by atoms with van der Waals surface area (Å²) in [5.41, 5.74) is 3.59. The molecule has 142 valence electrons. The van der Waals surface area contributed by atoms with E-state index in [1.807, 2.05) is 67.6 Å². The summed E-state index contributed by atoms with van der Waals surface area (Å²) in [6, 6.07) is 19.5. The van der Waals surface area contributed by atoms with Crippen LogP contribution < -0.4 is 4.90 Å². The SMILES string of the molecule is Cc1ccc(CN(C(=O)C2CC2)c2cc(-c3ccccc3)sc2C(=O)O)cc1. The van der Waals surface area contributed by atoms with E-state index in [0.717, 1.165) is 34.4 Å². The Kier molecular flexibility index (Phi) is 5.01. The van der Waals surface area contributed by atoms with Gasteiger partial charge in [-0.05, 0) is 37.0 Å². The summed E-state index contributed by atoms with van der Waals surface area (Å²) in [7, 11) is 0. The number of benzene rings is 2. The van der Waals surface area contributed by atoms with Crippen LogP contribution in [0.1, 0.15) is 33.6 Å². The minimum absolute atomic E-state index is 0.00664. The molecule has 1 heterocycles.